The van der Waals surface area contributed by atoms with Gasteiger partial charge in [0.05, 0.1) is 29.1 Å². The van der Waals surface area contributed by atoms with Gasteiger partial charge in [0.15, 0.2) is 0 Å². The van der Waals surface area contributed by atoms with E-state index in [1.165, 1.54) is 7.11 Å². The normalized spacial score (nSPS) is 17.3. The molecule has 1 aromatic heterocycles. The summed E-state index contributed by atoms with van der Waals surface area (Å²) in [5.74, 6) is 0.408. The lowest BCUT2D eigenvalue weighted by Crippen LogP contribution is -2.17. The molecule has 1 unspecified atom stereocenters. The lowest BCUT2D eigenvalue weighted by Gasteiger charge is -2.21. The summed E-state index contributed by atoms with van der Waals surface area (Å²) in [4.78, 5) is 23.8. The largest absolute Gasteiger partial charge is 0.469 e. The Kier molecular flexibility index (Phi) is 4.85. The molecule has 3 rings (SSSR count). The predicted octanol–water partition coefficient (Wildman–Crippen LogP) is 4.27. The van der Waals surface area contributed by atoms with Crippen LogP contribution in [0.5, 0.6) is 0 Å². The summed E-state index contributed by atoms with van der Waals surface area (Å²) in [6, 6.07) is 8.94. The number of ketones is 1. The number of methoxy groups -OCH3 is 1. The number of hydrogen-bond acceptors (Lipinski definition) is 5. The monoisotopic (exact) mass is 389 g/mol. The van der Waals surface area contributed by atoms with Crippen LogP contribution >= 0.6 is 15.9 Å². The van der Waals surface area contributed by atoms with Crippen LogP contribution in [-0.2, 0) is 9.53 Å². The highest BCUT2D eigenvalue weighted by atomic mass is 79.9. The first-order valence-electron chi connectivity index (χ1n) is 7.48. The minimum Gasteiger partial charge on any atom is -0.469 e. The fourth-order valence-corrected chi connectivity index (χ4v) is 3.26. The van der Waals surface area contributed by atoms with Crippen LogP contribution in [0.1, 0.15) is 34.9 Å². The molecule has 0 fully saturated rings. The Morgan fingerprint density at radius 1 is 1.33 bits per heavy atom. The van der Waals surface area contributed by atoms with Crippen molar-refractivity contribution in [2.45, 2.75) is 18.8 Å². The second kappa shape index (κ2) is 7.05. The molecule has 1 heterocycles. The van der Waals surface area contributed by atoms with Crippen molar-refractivity contribution in [2.75, 3.05) is 12.4 Å². The maximum Gasteiger partial charge on any atom is 0.339 e. The predicted molar refractivity (Wildman–Crippen MR) is 92.9 cm³/mol. The van der Waals surface area contributed by atoms with Crippen molar-refractivity contribution in [3.8, 4) is 0 Å². The lowest BCUT2D eigenvalue weighted by atomic mass is 9.90. The van der Waals surface area contributed by atoms with E-state index in [-0.39, 0.29) is 11.7 Å². The SMILES string of the molecule is COC(=O)c1cccc(NC2=CC(c3ccco3)CC(=O)C2)c1Br. The van der Waals surface area contributed by atoms with Crippen LogP contribution in [0.25, 0.3) is 0 Å². The molecule has 1 aliphatic rings. The van der Waals surface area contributed by atoms with Gasteiger partial charge in [-0.2, -0.15) is 0 Å². The molecule has 124 valence electrons. The third kappa shape index (κ3) is 3.43. The zero-order valence-electron chi connectivity index (χ0n) is 13.0. The maximum absolute atomic E-state index is 12.1. The summed E-state index contributed by atoms with van der Waals surface area (Å²) in [5, 5.41) is 3.23. The average Bonchev–Trinajstić information content (AvgIpc) is 3.10. The first-order valence-corrected chi connectivity index (χ1v) is 8.27. The topological polar surface area (TPSA) is 68.5 Å². The number of carbonyl (C=O) groups excluding carboxylic acids is 2. The van der Waals surface area contributed by atoms with Gasteiger partial charge in [-0.05, 0) is 40.2 Å². The number of carbonyl (C=O) groups is 2. The van der Waals surface area contributed by atoms with Crippen molar-refractivity contribution < 1.29 is 18.7 Å². The molecule has 0 radical (unpaired) electrons. The Labute approximate surface area is 147 Å². The highest BCUT2D eigenvalue weighted by Gasteiger charge is 2.24. The molecule has 5 nitrogen and oxygen atoms in total. The van der Waals surface area contributed by atoms with Gasteiger partial charge < -0.3 is 14.5 Å². The Balaban J connectivity index is 1.87. The minimum absolute atomic E-state index is 0.0775. The van der Waals surface area contributed by atoms with Gasteiger partial charge in [-0.1, -0.05) is 12.1 Å². The second-order valence-electron chi connectivity index (χ2n) is 5.52. The van der Waals surface area contributed by atoms with E-state index >= 15 is 0 Å². The summed E-state index contributed by atoms with van der Waals surface area (Å²) >= 11 is 3.42. The van der Waals surface area contributed by atoms with Crippen molar-refractivity contribution in [1.82, 2.24) is 0 Å². The van der Waals surface area contributed by atoms with Crippen LogP contribution in [0.3, 0.4) is 0 Å². The number of furan rings is 1. The third-order valence-corrected chi connectivity index (χ3v) is 4.70. The van der Waals surface area contributed by atoms with Crippen molar-refractivity contribution in [1.29, 1.82) is 0 Å². The zero-order chi connectivity index (χ0) is 17.1. The molecule has 0 bridgehead atoms. The minimum atomic E-state index is -0.423. The van der Waals surface area contributed by atoms with E-state index in [1.54, 1.807) is 18.4 Å². The molecule has 1 atom stereocenters. The highest BCUT2D eigenvalue weighted by molar-refractivity contribution is 9.10. The number of halogens is 1. The maximum atomic E-state index is 12.1. The molecule has 0 saturated carbocycles. The molecule has 1 aromatic carbocycles. The Morgan fingerprint density at radius 2 is 2.17 bits per heavy atom. The fourth-order valence-electron chi connectivity index (χ4n) is 2.73. The van der Waals surface area contributed by atoms with Gasteiger partial charge in [0.2, 0.25) is 0 Å². The Hall–Kier alpha value is -2.34. The van der Waals surface area contributed by atoms with E-state index in [4.69, 9.17) is 9.15 Å². The second-order valence-corrected chi connectivity index (χ2v) is 6.31. The lowest BCUT2D eigenvalue weighted by molar-refractivity contribution is -0.119. The van der Waals surface area contributed by atoms with Gasteiger partial charge in [0.1, 0.15) is 11.5 Å². The van der Waals surface area contributed by atoms with Crippen LogP contribution in [0.4, 0.5) is 5.69 Å². The molecular formula is C18H16BrNO4. The molecule has 0 spiro atoms. The smallest absolute Gasteiger partial charge is 0.339 e. The summed E-state index contributed by atoms with van der Waals surface area (Å²) < 4.78 is 10.8. The molecule has 0 aliphatic heterocycles. The van der Waals surface area contributed by atoms with Crippen molar-refractivity contribution >= 4 is 33.4 Å². The van der Waals surface area contributed by atoms with Gasteiger partial charge in [-0.3, -0.25) is 4.79 Å². The van der Waals surface area contributed by atoms with Gasteiger partial charge in [-0.25, -0.2) is 4.79 Å². The average molecular weight is 390 g/mol. The number of rotatable bonds is 4. The number of allylic oxidation sites excluding steroid dienone is 2. The van der Waals surface area contributed by atoms with E-state index in [2.05, 4.69) is 21.2 Å². The Bertz CT molecular complexity index is 795. The Morgan fingerprint density at radius 3 is 2.88 bits per heavy atom. The summed E-state index contributed by atoms with van der Waals surface area (Å²) in [6.45, 7) is 0. The van der Waals surface area contributed by atoms with Crippen LogP contribution in [0.15, 0.2) is 57.3 Å². The molecule has 2 aromatic rings. The number of nitrogens with one attached hydrogen (secondary N) is 1. The van der Waals surface area contributed by atoms with Crippen LogP contribution in [0.2, 0.25) is 0 Å². The summed E-state index contributed by atoms with van der Waals surface area (Å²) in [6.07, 6.45) is 4.36. The zero-order valence-corrected chi connectivity index (χ0v) is 14.6. The number of esters is 1. The summed E-state index contributed by atoms with van der Waals surface area (Å²) in [5.41, 5.74) is 1.92. The van der Waals surface area contributed by atoms with Crippen LogP contribution < -0.4 is 5.32 Å². The molecule has 6 heteroatoms. The van der Waals surface area contributed by atoms with Crippen LogP contribution in [0, 0.1) is 0 Å². The first kappa shape index (κ1) is 16.5. The van der Waals surface area contributed by atoms with E-state index in [0.717, 1.165) is 11.5 Å². The van der Waals surface area contributed by atoms with E-state index in [0.29, 0.717) is 28.6 Å². The quantitative estimate of drug-likeness (QED) is 0.790. The molecule has 24 heavy (non-hydrogen) atoms. The standard InChI is InChI=1S/C18H16BrNO4/c1-23-18(22)14-4-2-5-15(17(14)19)20-12-8-11(9-13(21)10-12)16-6-3-7-24-16/h2-8,11,20H,9-10H2,1H3. The third-order valence-electron chi connectivity index (χ3n) is 3.85. The summed E-state index contributed by atoms with van der Waals surface area (Å²) in [7, 11) is 1.34. The van der Waals surface area contributed by atoms with Crippen LogP contribution in [-0.4, -0.2) is 18.9 Å². The molecule has 1 N–H and O–H groups in total. The first-order chi connectivity index (χ1) is 11.6. The molecule has 1 aliphatic carbocycles. The van der Waals surface area contributed by atoms with Gasteiger partial charge in [-0.15, -0.1) is 0 Å². The fraction of sp³-hybridized carbons (Fsp3) is 0.222. The molecular weight excluding hydrogens is 374 g/mol. The van der Waals surface area contributed by atoms with Crippen molar-refractivity contribution in [3.05, 3.63) is 64.2 Å². The van der Waals surface area contributed by atoms with Gasteiger partial charge in [0.25, 0.3) is 0 Å². The van der Waals surface area contributed by atoms with E-state index in [1.807, 2.05) is 24.3 Å². The van der Waals surface area contributed by atoms with Gasteiger partial charge in [0, 0.05) is 24.5 Å². The number of benzene rings is 1. The molecule has 0 saturated heterocycles. The van der Waals surface area contributed by atoms with Crippen molar-refractivity contribution in [3.63, 3.8) is 0 Å². The number of ether oxygens (including phenoxy) is 1. The van der Waals surface area contributed by atoms with E-state index in [9.17, 15) is 9.59 Å². The van der Waals surface area contributed by atoms with E-state index < -0.39 is 5.97 Å². The highest BCUT2D eigenvalue weighted by Crippen LogP contribution is 2.33. The van der Waals surface area contributed by atoms with Crippen molar-refractivity contribution in [2.24, 2.45) is 0 Å². The number of Topliss-reactive ketones (excluding diaryl/α,β-unsaturated/α-hetero) is 1. The number of hydrogen-bond donors (Lipinski definition) is 1. The number of anilines is 1. The molecule has 0 amide bonds. The van der Waals surface area contributed by atoms with Gasteiger partial charge >= 0.3 is 5.97 Å².